The van der Waals surface area contributed by atoms with Gasteiger partial charge in [0, 0.05) is 27.2 Å². The van der Waals surface area contributed by atoms with Crippen molar-refractivity contribution in [2.75, 3.05) is 33.1 Å². The lowest BCUT2D eigenvalue weighted by atomic mass is 10.3. The van der Waals surface area contributed by atoms with Gasteiger partial charge < -0.3 is 10.1 Å². The van der Waals surface area contributed by atoms with Crippen LogP contribution in [0.4, 0.5) is 11.4 Å². The Morgan fingerprint density at radius 2 is 2.10 bits per heavy atom. The van der Waals surface area contributed by atoms with Crippen molar-refractivity contribution < 1.29 is 18.1 Å². The van der Waals surface area contributed by atoms with Gasteiger partial charge in [0.1, 0.15) is 5.69 Å². The predicted octanol–water partition coefficient (Wildman–Crippen LogP) is 1.29. The largest absolute Gasteiger partial charge is 0.383 e. The summed E-state index contributed by atoms with van der Waals surface area (Å²) in [7, 11) is 0.328. The number of sulfonamides is 1. The zero-order chi connectivity index (χ0) is 16.2. The first-order valence-electron chi connectivity index (χ1n) is 6.19. The molecule has 118 valence electrons. The third-order valence-electron chi connectivity index (χ3n) is 3.14. The van der Waals surface area contributed by atoms with Gasteiger partial charge in [0.25, 0.3) is 0 Å². The minimum Gasteiger partial charge on any atom is -0.383 e. The first-order valence-corrected chi connectivity index (χ1v) is 7.63. The Hall–Kier alpha value is -1.71. The molecule has 0 spiro atoms. The molecule has 0 aliphatic carbocycles. The van der Waals surface area contributed by atoms with E-state index in [0.717, 1.165) is 4.31 Å². The summed E-state index contributed by atoms with van der Waals surface area (Å²) in [5.41, 5.74) is -0.315. The average molecular weight is 317 g/mol. The van der Waals surface area contributed by atoms with Gasteiger partial charge in [-0.2, -0.15) is 4.31 Å². The second-order valence-electron chi connectivity index (χ2n) is 4.49. The average Bonchev–Trinajstić information content (AvgIpc) is 2.45. The number of nitro benzene ring substituents is 1. The van der Waals surface area contributed by atoms with Crippen molar-refractivity contribution >= 4 is 21.4 Å². The molecular formula is C12H19N3O5S. The molecule has 1 aromatic rings. The number of rotatable bonds is 7. The highest BCUT2D eigenvalue weighted by Crippen LogP contribution is 2.33. The van der Waals surface area contributed by atoms with Gasteiger partial charge in [0.2, 0.25) is 10.0 Å². The smallest absolute Gasteiger partial charge is 0.312 e. The molecule has 0 radical (unpaired) electrons. The Balaban J connectivity index is 3.41. The molecule has 0 saturated carbocycles. The van der Waals surface area contributed by atoms with Gasteiger partial charge in [-0.25, -0.2) is 8.42 Å². The quantitative estimate of drug-likeness (QED) is 0.600. The number of para-hydroxylation sites is 1. The topological polar surface area (TPSA) is 102 Å². The van der Waals surface area contributed by atoms with Crippen LogP contribution in [0.3, 0.4) is 0 Å². The number of nitrogens with zero attached hydrogens (tertiary/aromatic N) is 2. The molecule has 0 bridgehead atoms. The van der Waals surface area contributed by atoms with E-state index in [2.05, 4.69) is 5.32 Å². The van der Waals surface area contributed by atoms with E-state index in [9.17, 15) is 18.5 Å². The fourth-order valence-corrected chi connectivity index (χ4v) is 3.38. The van der Waals surface area contributed by atoms with Gasteiger partial charge in [-0.05, 0) is 19.1 Å². The molecule has 0 fully saturated rings. The molecule has 0 aliphatic rings. The number of hydrogen-bond acceptors (Lipinski definition) is 6. The molecule has 0 aliphatic heterocycles. The van der Waals surface area contributed by atoms with Gasteiger partial charge in [0.15, 0.2) is 4.90 Å². The molecule has 9 heteroatoms. The van der Waals surface area contributed by atoms with E-state index >= 15 is 0 Å². The Morgan fingerprint density at radius 3 is 2.57 bits per heavy atom. The summed E-state index contributed by atoms with van der Waals surface area (Å²) in [6, 6.07) is 3.69. The van der Waals surface area contributed by atoms with E-state index in [4.69, 9.17) is 4.74 Å². The van der Waals surface area contributed by atoms with Crippen LogP contribution in [0.1, 0.15) is 6.92 Å². The van der Waals surface area contributed by atoms with Crippen LogP contribution in [0.2, 0.25) is 0 Å². The maximum atomic E-state index is 12.6. The van der Waals surface area contributed by atoms with Gasteiger partial charge >= 0.3 is 5.69 Å². The molecule has 21 heavy (non-hydrogen) atoms. The van der Waals surface area contributed by atoms with Crippen molar-refractivity contribution in [2.45, 2.75) is 17.9 Å². The third-order valence-corrected chi connectivity index (χ3v) is 5.14. The van der Waals surface area contributed by atoms with Gasteiger partial charge in [-0.15, -0.1) is 0 Å². The van der Waals surface area contributed by atoms with Crippen molar-refractivity contribution in [3.05, 3.63) is 28.3 Å². The number of anilines is 1. The summed E-state index contributed by atoms with van der Waals surface area (Å²) < 4.78 is 31.2. The molecule has 1 unspecified atom stereocenters. The van der Waals surface area contributed by atoms with E-state index in [1.54, 1.807) is 6.92 Å². The van der Waals surface area contributed by atoms with E-state index < -0.39 is 26.7 Å². The number of methoxy groups -OCH3 is 1. The van der Waals surface area contributed by atoms with Crippen LogP contribution >= 0.6 is 0 Å². The molecule has 0 amide bonds. The van der Waals surface area contributed by atoms with Crippen molar-refractivity contribution in [3.8, 4) is 0 Å². The lowest BCUT2D eigenvalue weighted by Crippen LogP contribution is -2.38. The minimum absolute atomic E-state index is 0.147. The second-order valence-corrected chi connectivity index (χ2v) is 6.45. The maximum Gasteiger partial charge on any atom is 0.312 e. The first-order chi connectivity index (χ1) is 9.77. The second kappa shape index (κ2) is 6.83. The van der Waals surface area contributed by atoms with E-state index in [-0.39, 0.29) is 17.2 Å². The van der Waals surface area contributed by atoms with Crippen LogP contribution in [0.15, 0.2) is 23.1 Å². The Bertz CT molecular complexity index is 617. The van der Waals surface area contributed by atoms with E-state index in [1.165, 1.54) is 39.4 Å². The number of nitro groups is 1. The monoisotopic (exact) mass is 317 g/mol. The van der Waals surface area contributed by atoms with E-state index in [1.807, 2.05) is 0 Å². The molecule has 0 heterocycles. The summed E-state index contributed by atoms with van der Waals surface area (Å²) in [4.78, 5) is 10.2. The summed E-state index contributed by atoms with van der Waals surface area (Å²) in [5.74, 6) is 0. The van der Waals surface area contributed by atoms with Crippen LogP contribution in [0, 0.1) is 10.1 Å². The Morgan fingerprint density at radius 1 is 1.48 bits per heavy atom. The summed E-state index contributed by atoms with van der Waals surface area (Å²) in [6.07, 6.45) is 0. The fraction of sp³-hybridized carbons (Fsp3) is 0.500. The highest BCUT2D eigenvalue weighted by molar-refractivity contribution is 7.89. The number of hydrogen-bond donors (Lipinski definition) is 1. The first kappa shape index (κ1) is 17.3. The maximum absolute atomic E-state index is 12.6. The van der Waals surface area contributed by atoms with Crippen molar-refractivity contribution in [1.29, 1.82) is 0 Å². The predicted molar refractivity (Wildman–Crippen MR) is 78.9 cm³/mol. The molecule has 0 saturated heterocycles. The van der Waals surface area contributed by atoms with Crippen molar-refractivity contribution in [3.63, 3.8) is 0 Å². The van der Waals surface area contributed by atoms with Crippen LogP contribution in [0.5, 0.6) is 0 Å². The standard InChI is InChI=1S/C12H19N3O5S/c1-9(8-20-4)14(3)21(18,19)11-7-5-6-10(13-2)12(11)15(16)17/h5-7,9,13H,8H2,1-4H3. The summed E-state index contributed by atoms with van der Waals surface area (Å²) >= 11 is 0. The van der Waals surface area contributed by atoms with E-state index in [0.29, 0.717) is 0 Å². The summed E-state index contributed by atoms with van der Waals surface area (Å²) in [6.45, 7) is 1.85. The SMILES string of the molecule is CNc1cccc(S(=O)(=O)N(C)C(C)COC)c1[N+](=O)[O-]. The highest BCUT2D eigenvalue weighted by Gasteiger charge is 2.33. The molecule has 1 N–H and O–H groups in total. The van der Waals surface area contributed by atoms with Crippen LogP contribution in [0.25, 0.3) is 0 Å². The van der Waals surface area contributed by atoms with Gasteiger partial charge in [-0.1, -0.05) is 6.07 Å². The normalized spacial score (nSPS) is 13.2. The summed E-state index contributed by atoms with van der Waals surface area (Å²) in [5, 5.41) is 13.9. The van der Waals surface area contributed by atoms with Crippen molar-refractivity contribution in [2.24, 2.45) is 0 Å². The lowest BCUT2D eigenvalue weighted by molar-refractivity contribution is -0.386. The third kappa shape index (κ3) is 3.49. The lowest BCUT2D eigenvalue weighted by Gasteiger charge is -2.23. The minimum atomic E-state index is -4.00. The highest BCUT2D eigenvalue weighted by atomic mass is 32.2. The number of nitrogens with one attached hydrogen (secondary N) is 1. The van der Waals surface area contributed by atoms with Gasteiger partial charge in [0.05, 0.1) is 11.5 Å². The Labute approximate surface area is 123 Å². The van der Waals surface area contributed by atoms with Crippen LogP contribution in [-0.2, 0) is 14.8 Å². The molecule has 0 aromatic heterocycles. The fourth-order valence-electron chi connectivity index (χ4n) is 1.86. The number of likely N-dealkylation sites (N-methyl/N-ethyl adjacent to an activating group) is 1. The zero-order valence-corrected chi connectivity index (χ0v) is 13.2. The number of benzene rings is 1. The van der Waals surface area contributed by atoms with Gasteiger partial charge in [-0.3, -0.25) is 10.1 Å². The molecular weight excluding hydrogens is 298 g/mol. The molecule has 8 nitrogen and oxygen atoms in total. The zero-order valence-electron chi connectivity index (χ0n) is 12.4. The molecule has 1 atom stereocenters. The van der Waals surface area contributed by atoms with Crippen LogP contribution in [-0.4, -0.2) is 51.5 Å². The molecule has 1 aromatic carbocycles. The number of ether oxygens (including phenoxy) is 1. The van der Waals surface area contributed by atoms with Crippen LogP contribution < -0.4 is 5.32 Å². The van der Waals surface area contributed by atoms with Crippen molar-refractivity contribution in [1.82, 2.24) is 4.31 Å². The molecule has 1 rings (SSSR count). The Kier molecular flexibility index (Phi) is 5.64.